The molecule has 2 atom stereocenters. The van der Waals surface area contributed by atoms with Gasteiger partial charge in [0.25, 0.3) is 5.56 Å². The van der Waals surface area contributed by atoms with E-state index in [0.717, 1.165) is 16.5 Å². The average molecular weight is 366 g/mol. The van der Waals surface area contributed by atoms with E-state index in [2.05, 4.69) is 0 Å². The second-order valence-electron chi connectivity index (χ2n) is 6.56. The number of fused-ring (bicyclic) bond motifs is 1. The zero-order valence-corrected chi connectivity index (χ0v) is 15.5. The van der Waals surface area contributed by atoms with Crippen molar-refractivity contribution < 1.29 is 14.6 Å². The number of carboxylic acid groups (broad SMARTS) is 1. The summed E-state index contributed by atoms with van der Waals surface area (Å²) in [7, 11) is 3.28. The van der Waals surface area contributed by atoms with Crippen LogP contribution in [0.25, 0.3) is 22.0 Å². The van der Waals surface area contributed by atoms with Gasteiger partial charge in [0.1, 0.15) is 11.8 Å². The van der Waals surface area contributed by atoms with E-state index >= 15 is 0 Å². The molecule has 27 heavy (non-hydrogen) atoms. The van der Waals surface area contributed by atoms with Gasteiger partial charge in [-0.3, -0.25) is 9.59 Å². The third-order valence-corrected chi connectivity index (χ3v) is 5.01. The van der Waals surface area contributed by atoms with Crippen LogP contribution < -0.4 is 16.0 Å². The van der Waals surface area contributed by atoms with E-state index in [1.165, 1.54) is 0 Å². The topological polar surface area (TPSA) is 94.6 Å². The van der Waals surface area contributed by atoms with Gasteiger partial charge >= 0.3 is 5.97 Å². The molecule has 0 aliphatic heterocycles. The fraction of sp³-hybridized carbons (Fsp3) is 0.238. The van der Waals surface area contributed by atoms with Crippen molar-refractivity contribution in [2.24, 2.45) is 12.8 Å². The van der Waals surface area contributed by atoms with Gasteiger partial charge in [-0.2, -0.15) is 0 Å². The molecule has 0 saturated carbocycles. The third-order valence-electron chi connectivity index (χ3n) is 5.01. The minimum atomic E-state index is -1.04. The molecular weight excluding hydrogens is 344 g/mol. The maximum Gasteiger partial charge on any atom is 0.321 e. The summed E-state index contributed by atoms with van der Waals surface area (Å²) in [5.74, 6) is -0.869. The first-order chi connectivity index (χ1) is 12.9. The average Bonchev–Trinajstić information content (AvgIpc) is 2.69. The van der Waals surface area contributed by atoms with Crippen LogP contribution in [-0.4, -0.2) is 28.8 Å². The molecule has 0 saturated heterocycles. The number of aryl methyl sites for hydroxylation is 1. The molecule has 1 aromatic heterocycles. The molecule has 0 amide bonds. The summed E-state index contributed by atoms with van der Waals surface area (Å²) < 4.78 is 7.19. The van der Waals surface area contributed by atoms with Gasteiger partial charge < -0.3 is 20.1 Å². The molecule has 6 heteroatoms. The molecule has 1 unspecified atom stereocenters. The first kappa shape index (κ1) is 18.7. The Morgan fingerprint density at radius 2 is 1.78 bits per heavy atom. The van der Waals surface area contributed by atoms with E-state index in [1.807, 2.05) is 24.3 Å². The molecule has 6 nitrogen and oxygen atoms in total. The number of aliphatic carboxylic acids is 1. The number of benzene rings is 2. The third kappa shape index (κ3) is 3.19. The van der Waals surface area contributed by atoms with Crippen molar-refractivity contribution >= 4 is 16.9 Å². The number of carboxylic acids is 1. The van der Waals surface area contributed by atoms with E-state index in [4.69, 9.17) is 15.6 Å². The summed E-state index contributed by atoms with van der Waals surface area (Å²) in [5.41, 5.74) is 8.33. The summed E-state index contributed by atoms with van der Waals surface area (Å²) in [4.78, 5) is 24.1. The van der Waals surface area contributed by atoms with Crippen LogP contribution in [0.2, 0.25) is 0 Å². The Balaban J connectivity index is 2.15. The van der Waals surface area contributed by atoms with Gasteiger partial charge in [-0.25, -0.2) is 0 Å². The highest BCUT2D eigenvalue weighted by Crippen LogP contribution is 2.34. The van der Waals surface area contributed by atoms with Gasteiger partial charge in [0.15, 0.2) is 0 Å². The lowest BCUT2D eigenvalue weighted by molar-refractivity contribution is -0.139. The van der Waals surface area contributed by atoms with Crippen molar-refractivity contribution in [3.05, 3.63) is 64.4 Å². The second-order valence-corrected chi connectivity index (χ2v) is 6.56. The molecule has 0 spiro atoms. The van der Waals surface area contributed by atoms with Crippen LogP contribution in [0.1, 0.15) is 18.4 Å². The summed E-state index contributed by atoms with van der Waals surface area (Å²) >= 11 is 0. The number of nitrogens with zero attached hydrogens (tertiary/aromatic N) is 1. The highest BCUT2D eigenvalue weighted by Gasteiger charge is 2.22. The number of nitrogens with two attached hydrogens (primary N) is 1. The Hall–Kier alpha value is -3.12. The number of rotatable bonds is 5. The summed E-state index contributed by atoms with van der Waals surface area (Å²) in [6, 6.07) is 13.8. The molecule has 0 fully saturated rings. The fourth-order valence-electron chi connectivity index (χ4n) is 3.31. The standard InChI is InChI=1S/C21H22N2O4/c1-12(18(22)21(25)26)13-8-10-14(11-9-13)17-19(27-3)15-6-4-5-7-16(15)23(2)20(17)24/h4-12,18H,22H2,1-3H3,(H,25,26)/t12?,18-/m0/s1. The van der Waals surface area contributed by atoms with Crippen LogP contribution in [0.5, 0.6) is 5.75 Å². The van der Waals surface area contributed by atoms with Crippen LogP contribution in [0.4, 0.5) is 0 Å². The van der Waals surface area contributed by atoms with E-state index in [9.17, 15) is 9.59 Å². The molecule has 0 aliphatic rings. The molecule has 2 aromatic carbocycles. The molecule has 1 heterocycles. The highest BCUT2D eigenvalue weighted by atomic mass is 16.5. The predicted molar refractivity (Wildman–Crippen MR) is 105 cm³/mol. The number of pyridine rings is 1. The van der Waals surface area contributed by atoms with E-state index < -0.39 is 12.0 Å². The molecule has 0 bridgehead atoms. The van der Waals surface area contributed by atoms with Gasteiger partial charge in [0.05, 0.1) is 18.2 Å². The normalized spacial score (nSPS) is 13.3. The van der Waals surface area contributed by atoms with E-state index in [1.54, 1.807) is 49.9 Å². The van der Waals surface area contributed by atoms with Crippen molar-refractivity contribution in [3.63, 3.8) is 0 Å². The lowest BCUT2D eigenvalue weighted by Crippen LogP contribution is -2.35. The van der Waals surface area contributed by atoms with Crippen LogP contribution >= 0.6 is 0 Å². The van der Waals surface area contributed by atoms with Gasteiger partial charge in [0, 0.05) is 18.4 Å². The zero-order chi connectivity index (χ0) is 19.7. The fourth-order valence-corrected chi connectivity index (χ4v) is 3.31. The maximum absolute atomic E-state index is 13.0. The largest absolute Gasteiger partial charge is 0.495 e. The zero-order valence-electron chi connectivity index (χ0n) is 15.5. The lowest BCUT2D eigenvalue weighted by atomic mass is 9.92. The highest BCUT2D eigenvalue weighted by molar-refractivity contribution is 5.92. The van der Waals surface area contributed by atoms with Crippen LogP contribution in [0.15, 0.2) is 53.3 Å². The molecule has 3 rings (SSSR count). The van der Waals surface area contributed by atoms with Crippen LogP contribution in [0.3, 0.4) is 0 Å². The number of hydrogen-bond acceptors (Lipinski definition) is 4. The molecule has 0 radical (unpaired) electrons. The van der Waals surface area contributed by atoms with Crippen LogP contribution in [-0.2, 0) is 11.8 Å². The summed E-state index contributed by atoms with van der Waals surface area (Å²) in [6.07, 6.45) is 0. The molecule has 0 aliphatic carbocycles. The Labute approximate surface area is 156 Å². The van der Waals surface area contributed by atoms with Gasteiger partial charge in [0.2, 0.25) is 0 Å². The van der Waals surface area contributed by atoms with Crippen molar-refractivity contribution in [1.82, 2.24) is 4.57 Å². The Bertz CT molecular complexity index is 1050. The quantitative estimate of drug-likeness (QED) is 0.724. The maximum atomic E-state index is 13.0. The number of para-hydroxylation sites is 1. The predicted octanol–water partition coefficient (Wildman–Crippen LogP) is 2.73. The molecular formula is C21H22N2O4. The molecule has 3 aromatic rings. The van der Waals surface area contributed by atoms with Crippen molar-refractivity contribution in [2.45, 2.75) is 18.9 Å². The molecule has 3 N–H and O–H groups in total. The number of methoxy groups -OCH3 is 1. The first-order valence-corrected chi connectivity index (χ1v) is 8.61. The Kier molecular flexibility index (Phi) is 5.01. The Morgan fingerprint density at radius 3 is 2.37 bits per heavy atom. The van der Waals surface area contributed by atoms with Gasteiger partial charge in [-0.1, -0.05) is 43.3 Å². The van der Waals surface area contributed by atoms with Crippen molar-refractivity contribution in [1.29, 1.82) is 0 Å². The lowest BCUT2D eigenvalue weighted by Gasteiger charge is -2.18. The van der Waals surface area contributed by atoms with Crippen molar-refractivity contribution in [2.75, 3.05) is 7.11 Å². The van der Waals surface area contributed by atoms with E-state index in [0.29, 0.717) is 16.9 Å². The number of aromatic nitrogens is 1. The second kappa shape index (κ2) is 7.25. The minimum absolute atomic E-state index is 0.159. The first-order valence-electron chi connectivity index (χ1n) is 8.61. The summed E-state index contributed by atoms with van der Waals surface area (Å²) in [5, 5.41) is 9.95. The van der Waals surface area contributed by atoms with Crippen molar-refractivity contribution in [3.8, 4) is 16.9 Å². The number of carbonyl (C=O) groups is 1. The Morgan fingerprint density at radius 1 is 1.15 bits per heavy atom. The number of ether oxygens (including phenoxy) is 1. The monoisotopic (exact) mass is 366 g/mol. The minimum Gasteiger partial charge on any atom is -0.495 e. The van der Waals surface area contributed by atoms with Gasteiger partial charge in [-0.15, -0.1) is 0 Å². The molecule has 140 valence electrons. The summed E-state index contributed by atoms with van der Waals surface area (Å²) in [6.45, 7) is 1.77. The SMILES string of the molecule is COc1c(-c2ccc(C(C)[C@H](N)C(=O)O)cc2)c(=O)n(C)c2ccccc12. The van der Waals surface area contributed by atoms with Gasteiger partial charge in [-0.05, 0) is 23.3 Å². The van der Waals surface area contributed by atoms with Crippen LogP contribution in [0, 0.1) is 0 Å². The smallest absolute Gasteiger partial charge is 0.321 e. The number of hydrogen-bond donors (Lipinski definition) is 2. The van der Waals surface area contributed by atoms with E-state index in [-0.39, 0.29) is 11.5 Å².